The van der Waals surface area contributed by atoms with Crippen molar-refractivity contribution in [3.05, 3.63) is 11.3 Å². The molecule has 0 aromatic carbocycles. The van der Waals surface area contributed by atoms with E-state index in [1.165, 1.54) is 18.9 Å². The second kappa shape index (κ2) is 8.14. The summed E-state index contributed by atoms with van der Waals surface area (Å²) in [5.74, 6) is -2.20. The minimum atomic E-state index is -1.53. The molecule has 27 heavy (non-hydrogen) atoms. The number of hydrogen-bond donors (Lipinski definition) is 0. The lowest BCUT2D eigenvalue weighted by molar-refractivity contribution is -0.224. The highest BCUT2D eigenvalue weighted by Crippen LogP contribution is 2.49. The zero-order valence-electron chi connectivity index (χ0n) is 18.1. The summed E-state index contributed by atoms with van der Waals surface area (Å²) >= 11 is 0. The maximum absolute atomic E-state index is 13.2. The molecule has 1 aliphatic rings. The van der Waals surface area contributed by atoms with Gasteiger partial charge in [0.15, 0.2) is 15.3 Å². The number of carbonyl (C=O) groups is 3. The van der Waals surface area contributed by atoms with Crippen LogP contribution in [0.1, 0.15) is 48.5 Å². The van der Waals surface area contributed by atoms with Crippen LogP contribution in [0.25, 0.3) is 0 Å². The Morgan fingerprint density at radius 1 is 1.07 bits per heavy atom. The number of hydrogen-bond acceptors (Lipinski definition) is 6. The van der Waals surface area contributed by atoms with Crippen LogP contribution in [0.15, 0.2) is 11.3 Å². The monoisotopic (exact) mass is 399 g/mol. The standard InChI is InChI=1S/C19H33NO6Si/c1-11(2)14(17(23)24-8)20-15(22)13(16(20)25-12(3)21)19(7,18(4,5)6)26-27(9)10/h13,16,27H,1-10H3/t13-,16+,19+/m0/s1. The molecule has 1 amide bonds. The second-order valence-corrected chi connectivity index (χ2v) is 10.9. The maximum Gasteiger partial charge on any atom is 0.354 e. The van der Waals surface area contributed by atoms with E-state index in [4.69, 9.17) is 13.9 Å². The first-order chi connectivity index (χ1) is 12.2. The van der Waals surface area contributed by atoms with Crippen LogP contribution in [0.5, 0.6) is 0 Å². The average molecular weight is 400 g/mol. The van der Waals surface area contributed by atoms with Crippen LogP contribution in [-0.4, -0.2) is 50.7 Å². The Morgan fingerprint density at radius 3 is 1.93 bits per heavy atom. The van der Waals surface area contributed by atoms with Crippen LogP contribution in [0.3, 0.4) is 0 Å². The molecule has 7 nitrogen and oxygen atoms in total. The van der Waals surface area contributed by atoms with Crippen molar-refractivity contribution in [3.63, 3.8) is 0 Å². The van der Waals surface area contributed by atoms with E-state index in [0.717, 1.165) is 0 Å². The lowest BCUT2D eigenvalue weighted by Gasteiger charge is -2.57. The quantitative estimate of drug-likeness (QED) is 0.295. The highest BCUT2D eigenvalue weighted by Gasteiger charge is 2.64. The lowest BCUT2D eigenvalue weighted by Crippen LogP contribution is -2.72. The van der Waals surface area contributed by atoms with Crippen molar-refractivity contribution < 1.29 is 28.3 Å². The summed E-state index contributed by atoms with van der Waals surface area (Å²) in [5, 5.41) is 0. The van der Waals surface area contributed by atoms with E-state index in [1.807, 2.05) is 40.8 Å². The summed E-state index contributed by atoms with van der Waals surface area (Å²) in [7, 11) is -0.276. The fourth-order valence-corrected chi connectivity index (χ4v) is 4.83. The van der Waals surface area contributed by atoms with Gasteiger partial charge in [-0.1, -0.05) is 20.8 Å². The third-order valence-electron chi connectivity index (χ3n) is 4.99. The molecule has 1 fully saturated rings. The molecule has 0 aromatic rings. The Balaban J connectivity index is 3.49. The molecular formula is C19H33NO6Si. The van der Waals surface area contributed by atoms with Gasteiger partial charge in [-0.3, -0.25) is 14.5 Å². The fourth-order valence-electron chi connectivity index (χ4n) is 3.35. The molecule has 0 N–H and O–H groups in total. The summed E-state index contributed by atoms with van der Waals surface area (Å²) in [4.78, 5) is 38.5. The van der Waals surface area contributed by atoms with Gasteiger partial charge in [0.1, 0.15) is 11.6 Å². The second-order valence-electron chi connectivity index (χ2n) is 8.55. The molecule has 0 saturated carbocycles. The van der Waals surface area contributed by atoms with E-state index >= 15 is 0 Å². The van der Waals surface area contributed by atoms with Crippen LogP contribution in [0, 0.1) is 11.3 Å². The number of amides is 1. The van der Waals surface area contributed by atoms with E-state index < -0.39 is 44.1 Å². The zero-order valence-corrected chi connectivity index (χ0v) is 19.3. The predicted molar refractivity (Wildman–Crippen MR) is 104 cm³/mol. The largest absolute Gasteiger partial charge is 0.464 e. The molecule has 0 aliphatic carbocycles. The molecule has 3 atom stereocenters. The van der Waals surface area contributed by atoms with Crippen molar-refractivity contribution in [1.29, 1.82) is 0 Å². The van der Waals surface area contributed by atoms with Gasteiger partial charge >= 0.3 is 11.9 Å². The Kier molecular flexibility index (Phi) is 7.04. The third kappa shape index (κ3) is 4.43. The molecule has 1 rings (SSSR count). The number of ether oxygens (including phenoxy) is 2. The van der Waals surface area contributed by atoms with Crippen molar-refractivity contribution in [1.82, 2.24) is 4.90 Å². The van der Waals surface area contributed by atoms with Gasteiger partial charge in [-0.15, -0.1) is 0 Å². The predicted octanol–water partition coefficient (Wildman–Crippen LogP) is 2.61. The minimum Gasteiger partial charge on any atom is -0.464 e. The minimum absolute atomic E-state index is 0.100. The van der Waals surface area contributed by atoms with Gasteiger partial charge in [0.2, 0.25) is 5.91 Å². The molecule has 0 unspecified atom stereocenters. The smallest absolute Gasteiger partial charge is 0.354 e. The number of carbonyl (C=O) groups excluding carboxylic acids is 3. The number of rotatable bonds is 6. The first-order valence-electron chi connectivity index (χ1n) is 9.13. The Bertz CT molecular complexity index is 647. The normalized spacial score (nSPS) is 22.0. The Labute approximate surface area is 163 Å². The van der Waals surface area contributed by atoms with E-state index in [0.29, 0.717) is 5.57 Å². The highest BCUT2D eigenvalue weighted by atomic mass is 28.3. The van der Waals surface area contributed by atoms with Gasteiger partial charge in [0, 0.05) is 6.92 Å². The summed E-state index contributed by atoms with van der Waals surface area (Å²) in [5.41, 5.74) is -0.555. The highest BCUT2D eigenvalue weighted by molar-refractivity contribution is 6.48. The van der Waals surface area contributed by atoms with E-state index in [2.05, 4.69) is 0 Å². The van der Waals surface area contributed by atoms with Gasteiger partial charge in [-0.25, -0.2) is 4.79 Å². The van der Waals surface area contributed by atoms with Crippen molar-refractivity contribution in [2.45, 2.75) is 73.4 Å². The Hall–Kier alpha value is -1.67. The lowest BCUT2D eigenvalue weighted by atomic mass is 9.66. The molecule has 8 heteroatoms. The van der Waals surface area contributed by atoms with Crippen LogP contribution in [0.2, 0.25) is 13.1 Å². The van der Waals surface area contributed by atoms with Crippen molar-refractivity contribution >= 4 is 26.9 Å². The number of allylic oxidation sites excluding steroid dienone is 1. The summed E-state index contributed by atoms with van der Waals surface area (Å²) in [6.45, 7) is 16.6. The summed E-state index contributed by atoms with van der Waals surface area (Å²) in [6, 6.07) is 0. The van der Waals surface area contributed by atoms with E-state index in [1.54, 1.807) is 13.8 Å². The van der Waals surface area contributed by atoms with E-state index in [9.17, 15) is 14.4 Å². The number of β-lactam (4-membered cyclic amide) rings is 1. The Morgan fingerprint density at radius 2 is 1.59 bits per heavy atom. The van der Waals surface area contributed by atoms with Crippen molar-refractivity contribution in [2.75, 3.05) is 7.11 Å². The molecule has 0 spiro atoms. The number of methoxy groups -OCH3 is 1. The number of likely N-dealkylation sites (tertiary alicyclic amines) is 1. The molecule has 1 aliphatic heterocycles. The first kappa shape index (κ1) is 23.4. The summed E-state index contributed by atoms with van der Waals surface area (Å²) < 4.78 is 16.7. The zero-order chi connectivity index (χ0) is 21.3. The number of nitrogens with zero attached hydrogens (tertiary/aromatic N) is 1. The number of esters is 2. The topological polar surface area (TPSA) is 82.1 Å². The molecule has 0 bridgehead atoms. The van der Waals surface area contributed by atoms with Gasteiger partial charge in [-0.2, -0.15) is 0 Å². The molecule has 1 heterocycles. The van der Waals surface area contributed by atoms with Crippen LogP contribution in [0.4, 0.5) is 0 Å². The summed E-state index contributed by atoms with van der Waals surface area (Å²) in [6.07, 6.45) is -0.920. The van der Waals surface area contributed by atoms with Crippen LogP contribution < -0.4 is 0 Å². The van der Waals surface area contributed by atoms with Crippen LogP contribution >= 0.6 is 0 Å². The fraction of sp³-hybridized carbons (Fsp3) is 0.737. The molecular weight excluding hydrogens is 366 g/mol. The van der Waals surface area contributed by atoms with Gasteiger partial charge < -0.3 is 13.9 Å². The SMILES string of the molecule is COC(=O)C(=C(C)C)N1C(=O)[C@H]([C@@](C)(O[SiH](C)C)C(C)(C)C)[C@H]1OC(C)=O. The molecule has 1 saturated heterocycles. The van der Waals surface area contributed by atoms with Gasteiger partial charge in [-0.05, 0) is 44.9 Å². The van der Waals surface area contributed by atoms with Gasteiger partial charge in [0.25, 0.3) is 0 Å². The van der Waals surface area contributed by atoms with Crippen LogP contribution in [-0.2, 0) is 28.3 Å². The van der Waals surface area contributed by atoms with Crippen molar-refractivity contribution in [2.24, 2.45) is 11.3 Å². The van der Waals surface area contributed by atoms with Crippen molar-refractivity contribution in [3.8, 4) is 0 Å². The molecule has 0 radical (unpaired) electrons. The molecule has 154 valence electrons. The molecule has 0 aromatic heterocycles. The third-order valence-corrected chi connectivity index (χ3v) is 5.95. The average Bonchev–Trinajstić information content (AvgIpc) is 2.48. The first-order valence-corrected chi connectivity index (χ1v) is 11.9. The van der Waals surface area contributed by atoms with E-state index in [-0.39, 0.29) is 11.6 Å². The maximum atomic E-state index is 13.2. The van der Waals surface area contributed by atoms with Gasteiger partial charge in [0.05, 0.1) is 12.7 Å².